The highest BCUT2D eigenvalue weighted by molar-refractivity contribution is 5.78. The summed E-state index contributed by atoms with van der Waals surface area (Å²) in [6.07, 6.45) is 2.31. The number of benzene rings is 1. The molecule has 1 N–H and O–H groups in total. The van der Waals surface area contributed by atoms with Crippen molar-refractivity contribution in [3.63, 3.8) is 0 Å². The van der Waals surface area contributed by atoms with Gasteiger partial charge in [0, 0.05) is 12.6 Å². The van der Waals surface area contributed by atoms with Crippen molar-refractivity contribution in [2.24, 2.45) is 7.05 Å². The Labute approximate surface area is 103 Å². The summed E-state index contributed by atoms with van der Waals surface area (Å²) in [5.74, 6) is 0.949. The number of fused-ring (bicyclic) bond motifs is 1. The van der Waals surface area contributed by atoms with E-state index in [2.05, 4.69) is 48.8 Å². The molecular formula is C14H21N3. The Morgan fingerprint density at radius 1 is 1.29 bits per heavy atom. The summed E-state index contributed by atoms with van der Waals surface area (Å²) in [7, 11) is 2.06. The second-order valence-corrected chi connectivity index (χ2v) is 5.24. The summed E-state index contributed by atoms with van der Waals surface area (Å²) < 4.78 is 2.12. The minimum atomic E-state index is 0.0872. The molecule has 0 aliphatic carbocycles. The fraction of sp³-hybridized carbons (Fsp3) is 0.500. The molecule has 1 aromatic carbocycles. The zero-order valence-corrected chi connectivity index (χ0v) is 11.1. The van der Waals surface area contributed by atoms with E-state index in [9.17, 15) is 0 Å². The van der Waals surface area contributed by atoms with Gasteiger partial charge >= 0.3 is 0 Å². The maximum Gasteiger partial charge on any atom is 0.204 e. The average molecular weight is 231 g/mol. The monoisotopic (exact) mass is 231 g/mol. The van der Waals surface area contributed by atoms with Crippen LogP contribution in [0.15, 0.2) is 24.3 Å². The van der Waals surface area contributed by atoms with Crippen LogP contribution in [0.5, 0.6) is 0 Å². The molecule has 1 aromatic heterocycles. The van der Waals surface area contributed by atoms with Gasteiger partial charge in [-0.25, -0.2) is 4.98 Å². The summed E-state index contributed by atoms with van der Waals surface area (Å²) in [5, 5.41) is 3.53. The van der Waals surface area contributed by atoms with Crippen molar-refractivity contribution < 1.29 is 0 Å². The number of anilines is 1. The Morgan fingerprint density at radius 3 is 2.65 bits per heavy atom. The zero-order chi connectivity index (χ0) is 12.5. The van der Waals surface area contributed by atoms with Gasteiger partial charge in [-0.3, -0.25) is 0 Å². The molecule has 2 aromatic rings. The van der Waals surface area contributed by atoms with Gasteiger partial charge in [0.15, 0.2) is 0 Å². The van der Waals surface area contributed by atoms with Gasteiger partial charge in [0.25, 0.3) is 0 Å². The molecule has 0 saturated carbocycles. The third-order valence-electron chi connectivity index (χ3n) is 3.11. The Balaban J connectivity index is 2.33. The first-order valence-corrected chi connectivity index (χ1v) is 6.23. The van der Waals surface area contributed by atoms with Crippen molar-refractivity contribution in [2.75, 3.05) is 5.32 Å². The molecule has 0 radical (unpaired) electrons. The highest BCUT2D eigenvalue weighted by Gasteiger charge is 2.19. The van der Waals surface area contributed by atoms with Gasteiger partial charge in [0.2, 0.25) is 5.95 Å². The molecule has 0 fully saturated rings. The van der Waals surface area contributed by atoms with Crippen LogP contribution in [0.2, 0.25) is 0 Å². The molecule has 0 atom stereocenters. The molecule has 0 bridgehead atoms. The SMILES string of the molecule is CCCC(C)(C)Nc1nc2ccccc2n1C. The Hall–Kier alpha value is -1.51. The minimum Gasteiger partial charge on any atom is -0.351 e. The summed E-state index contributed by atoms with van der Waals surface area (Å²) in [4.78, 5) is 4.63. The highest BCUT2D eigenvalue weighted by atomic mass is 15.2. The highest BCUT2D eigenvalue weighted by Crippen LogP contribution is 2.22. The molecule has 2 rings (SSSR count). The number of nitrogens with one attached hydrogen (secondary N) is 1. The molecule has 3 heteroatoms. The quantitative estimate of drug-likeness (QED) is 0.872. The lowest BCUT2D eigenvalue weighted by Crippen LogP contribution is -2.31. The van der Waals surface area contributed by atoms with Crippen LogP contribution in [0, 0.1) is 0 Å². The first-order chi connectivity index (χ1) is 8.03. The van der Waals surface area contributed by atoms with Crippen molar-refractivity contribution in [1.82, 2.24) is 9.55 Å². The molecule has 1 heterocycles. The largest absolute Gasteiger partial charge is 0.351 e. The van der Waals surface area contributed by atoms with Crippen molar-refractivity contribution in [1.29, 1.82) is 0 Å². The van der Waals surface area contributed by atoms with E-state index >= 15 is 0 Å². The van der Waals surface area contributed by atoms with Crippen molar-refractivity contribution >= 4 is 17.0 Å². The van der Waals surface area contributed by atoms with Gasteiger partial charge in [0.05, 0.1) is 11.0 Å². The average Bonchev–Trinajstić information content (AvgIpc) is 2.56. The molecule has 0 aliphatic rings. The maximum atomic E-state index is 4.63. The lowest BCUT2D eigenvalue weighted by molar-refractivity contribution is 0.505. The molecule has 0 saturated heterocycles. The Kier molecular flexibility index (Phi) is 3.09. The molecular weight excluding hydrogens is 210 g/mol. The maximum absolute atomic E-state index is 4.63. The van der Waals surface area contributed by atoms with E-state index < -0.39 is 0 Å². The molecule has 92 valence electrons. The third kappa shape index (κ3) is 2.43. The van der Waals surface area contributed by atoms with Crippen LogP contribution in [0.25, 0.3) is 11.0 Å². The second-order valence-electron chi connectivity index (χ2n) is 5.24. The van der Waals surface area contributed by atoms with Crippen LogP contribution in [-0.2, 0) is 7.05 Å². The number of imidazole rings is 1. The van der Waals surface area contributed by atoms with E-state index in [0.29, 0.717) is 0 Å². The van der Waals surface area contributed by atoms with E-state index in [-0.39, 0.29) is 5.54 Å². The van der Waals surface area contributed by atoms with E-state index in [0.717, 1.165) is 17.9 Å². The zero-order valence-electron chi connectivity index (χ0n) is 11.1. The molecule has 0 spiro atoms. The predicted molar refractivity (Wildman–Crippen MR) is 73.3 cm³/mol. The topological polar surface area (TPSA) is 29.9 Å². The van der Waals surface area contributed by atoms with Gasteiger partial charge < -0.3 is 9.88 Å². The molecule has 3 nitrogen and oxygen atoms in total. The normalized spacial score (nSPS) is 12.0. The van der Waals surface area contributed by atoms with E-state index in [1.807, 2.05) is 18.2 Å². The summed E-state index contributed by atoms with van der Waals surface area (Å²) in [6, 6.07) is 8.22. The first-order valence-electron chi connectivity index (χ1n) is 6.23. The smallest absolute Gasteiger partial charge is 0.204 e. The Bertz CT molecular complexity index is 511. The standard InChI is InChI=1S/C14H21N3/c1-5-10-14(2,3)16-13-15-11-8-6-7-9-12(11)17(13)4/h6-9H,5,10H2,1-4H3,(H,15,16). The predicted octanol–water partition coefficient (Wildman–Crippen LogP) is 3.56. The van der Waals surface area contributed by atoms with Gasteiger partial charge in [0.1, 0.15) is 0 Å². The van der Waals surface area contributed by atoms with Crippen molar-refractivity contribution in [2.45, 2.75) is 39.2 Å². The fourth-order valence-electron chi connectivity index (χ4n) is 2.25. The summed E-state index contributed by atoms with van der Waals surface area (Å²) in [6.45, 7) is 6.64. The lowest BCUT2D eigenvalue weighted by Gasteiger charge is -2.26. The molecule has 0 amide bonds. The number of aromatic nitrogens is 2. The second kappa shape index (κ2) is 4.40. The van der Waals surface area contributed by atoms with Crippen LogP contribution >= 0.6 is 0 Å². The number of para-hydroxylation sites is 2. The van der Waals surface area contributed by atoms with E-state index in [4.69, 9.17) is 0 Å². The van der Waals surface area contributed by atoms with Crippen LogP contribution < -0.4 is 5.32 Å². The third-order valence-corrected chi connectivity index (χ3v) is 3.11. The van der Waals surface area contributed by atoms with Gasteiger partial charge in [-0.05, 0) is 32.4 Å². The van der Waals surface area contributed by atoms with Crippen molar-refractivity contribution in [3.8, 4) is 0 Å². The van der Waals surface area contributed by atoms with Crippen molar-refractivity contribution in [3.05, 3.63) is 24.3 Å². The lowest BCUT2D eigenvalue weighted by atomic mass is 9.99. The summed E-state index contributed by atoms with van der Waals surface area (Å²) in [5.41, 5.74) is 2.30. The molecule has 0 unspecified atom stereocenters. The Morgan fingerprint density at radius 2 is 2.00 bits per heavy atom. The number of rotatable bonds is 4. The van der Waals surface area contributed by atoms with Crippen LogP contribution in [0.4, 0.5) is 5.95 Å². The van der Waals surface area contributed by atoms with E-state index in [1.54, 1.807) is 0 Å². The first kappa shape index (κ1) is 12.0. The number of nitrogens with zero attached hydrogens (tertiary/aromatic N) is 2. The molecule has 0 aliphatic heterocycles. The number of aryl methyl sites for hydroxylation is 1. The van der Waals surface area contributed by atoms with Gasteiger partial charge in [-0.2, -0.15) is 0 Å². The van der Waals surface area contributed by atoms with Crippen LogP contribution in [0.1, 0.15) is 33.6 Å². The number of hydrogen-bond acceptors (Lipinski definition) is 2. The minimum absolute atomic E-state index is 0.0872. The fourth-order valence-corrected chi connectivity index (χ4v) is 2.25. The van der Waals surface area contributed by atoms with E-state index in [1.165, 1.54) is 11.9 Å². The van der Waals surface area contributed by atoms with Gasteiger partial charge in [-0.1, -0.05) is 25.5 Å². The van der Waals surface area contributed by atoms with Crippen LogP contribution in [-0.4, -0.2) is 15.1 Å². The van der Waals surface area contributed by atoms with Crippen LogP contribution in [0.3, 0.4) is 0 Å². The summed E-state index contributed by atoms with van der Waals surface area (Å²) >= 11 is 0. The van der Waals surface area contributed by atoms with Gasteiger partial charge in [-0.15, -0.1) is 0 Å². The molecule has 17 heavy (non-hydrogen) atoms. The number of hydrogen-bond donors (Lipinski definition) is 1.